The molecule has 1 aromatic carbocycles. The molecule has 0 aliphatic rings. The van der Waals surface area contributed by atoms with E-state index < -0.39 is 23.7 Å². The molecule has 0 saturated carbocycles. The number of benzene rings is 1. The fourth-order valence-electron chi connectivity index (χ4n) is 2.19. The van der Waals surface area contributed by atoms with E-state index in [1.54, 1.807) is 39.8 Å². The van der Waals surface area contributed by atoms with Gasteiger partial charge in [-0.15, -0.1) is 6.42 Å². The van der Waals surface area contributed by atoms with Crippen LogP contribution in [0.5, 0.6) is 5.75 Å². The molecule has 0 heterocycles. The summed E-state index contributed by atoms with van der Waals surface area (Å²) in [6.45, 7) is 8.22. The van der Waals surface area contributed by atoms with Crippen molar-refractivity contribution in [1.82, 2.24) is 5.32 Å². The summed E-state index contributed by atoms with van der Waals surface area (Å²) < 4.78 is 21.0. The first-order valence-corrected chi connectivity index (χ1v) is 9.14. The predicted molar refractivity (Wildman–Crippen MR) is 105 cm³/mol. The molecular weight excluding hydrogens is 362 g/mol. The van der Waals surface area contributed by atoms with Crippen molar-refractivity contribution in [3.63, 3.8) is 0 Å². The molecule has 0 unspecified atom stereocenters. The van der Waals surface area contributed by atoms with Crippen LogP contribution in [-0.4, -0.2) is 50.1 Å². The van der Waals surface area contributed by atoms with Crippen molar-refractivity contribution in [2.24, 2.45) is 0 Å². The molecule has 0 aliphatic heterocycles. The van der Waals surface area contributed by atoms with Crippen molar-refractivity contribution in [1.29, 1.82) is 0 Å². The Morgan fingerprint density at radius 3 is 2.43 bits per heavy atom. The number of hydrogen-bond donors (Lipinski definition) is 1. The number of nitrogens with one attached hydrogen (secondary N) is 1. The molecule has 154 valence electrons. The Morgan fingerprint density at radius 1 is 1.18 bits per heavy atom. The average molecular weight is 391 g/mol. The van der Waals surface area contributed by atoms with E-state index in [9.17, 15) is 9.59 Å². The van der Waals surface area contributed by atoms with Gasteiger partial charge in [-0.1, -0.05) is 18.1 Å². The van der Waals surface area contributed by atoms with Gasteiger partial charge in [-0.25, -0.2) is 9.59 Å². The van der Waals surface area contributed by atoms with E-state index in [0.717, 1.165) is 5.56 Å². The first kappa shape index (κ1) is 23.3. The molecule has 0 bridgehead atoms. The fraction of sp³-hybridized carbons (Fsp3) is 0.524. The van der Waals surface area contributed by atoms with Crippen LogP contribution in [0.3, 0.4) is 0 Å². The molecule has 0 radical (unpaired) electrons. The number of esters is 1. The molecule has 0 aliphatic carbocycles. The standard InChI is InChI=1S/C21H29NO6/c1-6-12-25-13-14-27-17-10-8-16(9-11-17)15-18(19(23)26-7-2)22-20(24)28-21(3,4)5/h1,8-11,18H,7,12-15H2,2-5H3,(H,22,24)/t18-/m0/s1. The number of alkyl carbamates (subject to hydrolysis) is 1. The molecule has 0 fully saturated rings. The maximum Gasteiger partial charge on any atom is 0.408 e. The maximum absolute atomic E-state index is 12.2. The Bertz CT molecular complexity index is 657. The van der Waals surface area contributed by atoms with Crippen molar-refractivity contribution in [2.75, 3.05) is 26.4 Å². The van der Waals surface area contributed by atoms with Gasteiger partial charge in [0.15, 0.2) is 0 Å². The van der Waals surface area contributed by atoms with Crippen LogP contribution in [0.4, 0.5) is 4.79 Å². The van der Waals surface area contributed by atoms with Crippen LogP contribution in [0.1, 0.15) is 33.3 Å². The minimum Gasteiger partial charge on any atom is -0.491 e. The minimum atomic E-state index is -0.848. The third-order valence-electron chi connectivity index (χ3n) is 3.31. The molecule has 1 atom stereocenters. The first-order valence-electron chi connectivity index (χ1n) is 9.14. The highest BCUT2D eigenvalue weighted by atomic mass is 16.6. The lowest BCUT2D eigenvalue weighted by molar-refractivity contribution is -0.145. The van der Waals surface area contributed by atoms with Crippen LogP contribution in [0, 0.1) is 12.3 Å². The molecule has 0 aromatic heterocycles. The lowest BCUT2D eigenvalue weighted by Gasteiger charge is -2.23. The Balaban J connectivity index is 2.65. The monoisotopic (exact) mass is 391 g/mol. The summed E-state index contributed by atoms with van der Waals surface area (Å²) in [6, 6.07) is 6.36. The highest BCUT2D eigenvalue weighted by molar-refractivity contribution is 5.81. The van der Waals surface area contributed by atoms with E-state index in [0.29, 0.717) is 19.0 Å². The number of amides is 1. The Hall–Kier alpha value is -2.72. The van der Waals surface area contributed by atoms with E-state index in [4.69, 9.17) is 25.4 Å². The van der Waals surface area contributed by atoms with Crippen LogP contribution in [0.15, 0.2) is 24.3 Å². The second-order valence-electron chi connectivity index (χ2n) is 6.90. The number of terminal acetylenes is 1. The number of carbonyl (C=O) groups is 2. The van der Waals surface area contributed by atoms with Gasteiger partial charge < -0.3 is 24.3 Å². The summed E-state index contributed by atoms with van der Waals surface area (Å²) in [5, 5.41) is 2.58. The predicted octanol–water partition coefficient (Wildman–Crippen LogP) is 2.71. The van der Waals surface area contributed by atoms with Gasteiger partial charge >= 0.3 is 12.1 Å². The van der Waals surface area contributed by atoms with Gasteiger partial charge in [0.1, 0.15) is 30.6 Å². The summed E-state index contributed by atoms with van der Waals surface area (Å²) in [5.74, 6) is 2.53. The fourth-order valence-corrected chi connectivity index (χ4v) is 2.19. The summed E-state index contributed by atoms with van der Waals surface area (Å²) in [4.78, 5) is 24.2. The van der Waals surface area contributed by atoms with Crippen molar-refractivity contribution >= 4 is 12.1 Å². The van der Waals surface area contributed by atoms with Gasteiger partial charge in [-0.3, -0.25) is 0 Å². The SMILES string of the molecule is C#CCOCCOc1ccc(C[C@H](NC(=O)OC(C)(C)C)C(=O)OCC)cc1. The van der Waals surface area contributed by atoms with Gasteiger partial charge in [0.25, 0.3) is 0 Å². The first-order chi connectivity index (χ1) is 13.2. The van der Waals surface area contributed by atoms with Crippen LogP contribution in [0.25, 0.3) is 0 Å². The van der Waals surface area contributed by atoms with E-state index >= 15 is 0 Å². The molecular formula is C21H29NO6. The van der Waals surface area contributed by atoms with Gasteiger partial charge in [0.2, 0.25) is 0 Å². The van der Waals surface area contributed by atoms with Crippen LogP contribution in [-0.2, 0) is 25.4 Å². The van der Waals surface area contributed by atoms with Crippen molar-refractivity contribution < 1.29 is 28.5 Å². The van der Waals surface area contributed by atoms with E-state index in [-0.39, 0.29) is 19.6 Å². The zero-order valence-electron chi connectivity index (χ0n) is 16.9. The van der Waals surface area contributed by atoms with Gasteiger partial charge in [-0.05, 0) is 45.4 Å². The Labute approximate surface area is 166 Å². The van der Waals surface area contributed by atoms with Gasteiger partial charge in [0.05, 0.1) is 13.2 Å². The number of rotatable bonds is 10. The van der Waals surface area contributed by atoms with E-state index in [1.807, 2.05) is 12.1 Å². The van der Waals surface area contributed by atoms with E-state index in [1.165, 1.54) is 0 Å². The van der Waals surface area contributed by atoms with Crippen LogP contribution < -0.4 is 10.1 Å². The highest BCUT2D eigenvalue weighted by Crippen LogP contribution is 2.14. The van der Waals surface area contributed by atoms with Crippen LogP contribution in [0.2, 0.25) is 0 Å². The van der Waals surface area contributed by atoms with Crippen LogP contribution >= 0.6 is 0 Å². The van der Waals surface area contributed by atoms with Gasteiger partial charge in [-0.2, -0.15) is 0 Å². The maximum atomic E-state index is 12.2. The smallest absolute Gasteiger partial charge is 0.408 e. The molecule has 1 aromatic rings. The average Bonchev–Trinajstić information content (AvgIpc) is 2.61. The largest absolute Gasteiger partial charge is 0.491 e. The molecule has 7 nitrogen and oxygen atoms in total. The molecule has 28 heavy (non-hydrogen) atoms. The minimum absolute atomic E-state index is 0.222. The third kappa shape index (κ3) is 9.83. The van der Waals surface area contributed by atoms with E-state index in [2.05, 4.69) is 11.2 Å². The molecule has 1 N–H and O–H groups in total. The highest BCUT2D eigenvalue weighted by Gasteiger charge is 2.25. The number of carbonyl (C=O) groups excluding carboxylic acids is 2. The molecule has 1 amide bonds. The molecule has 0 saturated heterocycles. The molecule has 1 rings (SSSR count). The summed E-state index contributed by atoms with van der Waals surface area (Å²) >= 11 is 0. The molecule has 7 heteroatoms. The Morgan fingerprint density at radius 2 is 1.86 bits per heavy atom. The normalized spacial score (nSPS) is 11.8. The van der Waals surface area contributed by atoms with Crippen molar-refractivity contribution in [2.45, 2.75) is 45.8 Å². The second-order valence-corrected chi connectivity index (χ2v) is 6.90. The number of ether oxygens (including phenoxy) is 4. The quantitative estimate of drug-likeness (QED) is 0.375. The summed E-state index contributed by atoms with van der Waals surface area (Å²) in [5.41, 5.74) is 0.177. The van der Waals surface area contributed by atoms with Gasteiger partial charge in [0, 0.05) is 6.42 Å². The Kier molecular flexibility index (Phi) is 9.89. The zero-order chi connectivity index (χ0) is 21.0. The summed E-state index contributed by atoms with van der Waals surface area (Å²) in [6.07, 6.45) is 4.69. The third-order valence-corrected chi connectivity index (χ3v) is 3.31. The zero-order valence-corrected chi connectivity index (χ0v) is 16.9. The number of hydrogen-bond acceptors (Lipinski definition) is 6. The summed E-state index contributed by atoms with van der Waals surface area (Å²) in [7, 11) is 0. The lowest BCUT2D eigenvalue weighted by Crippen LogP contribution is -2.45. The topological polar surface area (TPSA) is 83.1 Å². The van der Waals surface area contributed by atoms with Crippen molar-refractivity contribution in [3.8, 4) is 18.1 Å². The lowest BCUT2D eigenvalue weighted by atomic mass is 10.1. The second kappa shape index (κ2) is 11.9. The molecule has 0 spiro atoms. The van der Waals surface area contributed by atoms with Crippen molar-refractivity contribution in [3.05, 3.63) is 29.8 Å².